The Labute approximate surface area is 89.1 Å². The highest BCUT2D eigenvalue weighted by atomic mass is 19.4. The van der Waals surface area contributed by atoms with E-state index in [2.05, 4.69) is 0 Å². The lowest BCUT2D eigenvalue weighted by molar-refractivity contribution is -0.137. The molecule has 0 spiro atoms. The minimum atomic E-state index is -4.69. The second kappa shape index (κ2) is 3.96. The number of amides is 1. The standard InChI is InChI=1S/C10H8F3NO2/c1-5-2-6(9(14)16)7(4-15)8(3-5)10(11,12)13/h2-4H,1H3,(H2,14,16). The van der Waals surface area contributed by atoms with Crippen LogP contribution in [0.25, 0.3) is 0 Å². The van der Waals surface area contributed by atoms with E-state index in [1.165, 1.54) is 6.92 Å². The van der Waals surface area contributed by atoms with Gasteiger partial charge in [-0.2, -0.15) is 13.2 Å². The molecule has 0 heterocycles. The van der Waals surface area contributed by atoms with Gasteiger partial charge in [0, 0.05) is 5.56 Å². The molecule has 0 saturated carbocycles. The fraction of sp³-hybridized carbons (Fsp3) is 0.200. The highest BCUT2D eigenvalue weighted by Crippen LogP contribution is 2.33. The van der Waals surface area contributed by atoms with Crippen molar-refractivity contribution in [3.05, 3.63) is 34.4 Å². The summed E-state index contributed by atoms with van der Waals surface area (Å²) in [6.07, 6.45) is -4.70. The first kappa shape index (κ1) is 12.2. The average molecular weight is 231 g/mol. The van der Waals surface area contributed by atoms with Gasteiger partial charge in [-0.25, -0.2) is 0 Å². The van der Waals surface area contributed by atoms with Crippen molar-refractivity contribution in [3.63, 3.8) is 0 Å². The van der Waals surface area contributed by atoms with E-state index in [9.17, 15) is 22.8 Å². The highest BCUT2D eigenvalue weighted by molar-refractivity contribution is 6.01. The molecule has 0 bridgehead atoms. The third kappa shape index (κ3) is 2.21. The van der Waals surface area contributed by atoms with Gasteiger partial charge in [0.25, 0.3) is 0 Å². The Balaban J connectivity index is 3.61. The van der Waals surface area contributed by atoms with Gasteiger partial charge in [-0.3, -0.25) is 9.59 Å². The average Bonchev–Trinajstić information content (AvgIpc) is 2.14. The maximum Gasteiger partial charge on any atom is 0.417 e. The molecule has 0 aliphatic rings. The Kier molecular flexibility index (Phi) is 3.02. The van der Waals surface area contributed by atoms with Crippen LogP contribution >= 0.6 is 0 Å². The number of aldehydes is 1. The number of primary amides is 1. The van der Waals surface area contributed by atoms with Crippen LogP contribution in [0.2, 0.25) is 0 Å². The van der Waals surface area contributed by atoms with E-state index in [0.29, 0.717) is 0 Å². The molecule has 0 radical (unpaired) electrons. The molecule has 6 heteroatoms. The number of carbonyl (C=O) groups is 2. The molecule has 0 saturated heterocycles. The maximum atomic E-state index is 12.5. The van der Waals surface area contributed by atoms with Crippen LogP contribution in [0.5, 0.6) is 0 Å². The summed E-state index contributed by atoms with van der Waals surface area (Å²) in [6.45, 7) is 1.39. The topological polar surface area (TPSA) is 60.2 Å². The fourth-order valence-electron chi connectivity index (χ4n) is 1.36. The van der Waals surface area contributed by atoms with Crippen LogP contribution in [-0.2, 0) is 6.18 Å². The van der Waals surface area contributed by atoms with Crippen molar-refractivity contribution < 1.29 is 22.8 Å². The molecule has 1 aromatic rings. The van der Waals surface area contributed by atoms with E-state index in [1.807, 2.05) is 0 Å². The van der Waals surface area contributed by atoms with E-state index in [-0.39, 0.29) is 11.8 Å². The molecule has 1 amide bonds. The predicted octanol–water partition coefficient (Wildman–Crippen LogP) is 1.93. The van der Waals surface area contributed by atoms with Crippen molar-refractivity contribution in [1.29, 1.82) is 0 Å². The number of hydrogen-bond acceptors (Lipinski definition) is 2. The third-order valence-corrected chi connectivity index (χ3v) is 2.01. The Morgan fingerprint density at radius 3 is 2.31 bits per heavy atom. The van der Waals surface area contributed by atoms with Crippen molar-refractivity contribution in [2.45, 2.75) is 13.1 Å². The van der Waals surface area contributed by atoms with Crippen molar-refractivity contribution in [2.75, 3.05) is 0 Å². The lowest BCUT2D eigenvalue weighted by Gasteiger charge is -2.12. The SMILES string of the molecule is Cc1cc(C(N)=O)c(C=O)c(C(F)(F)F)c1. The predicted molar refractivity (Wildman–Crippen MR) is 50.1 cm³/mol. The normalized spacial score (nSPS) is 11.2. The molecule has 16 heavy (non-hydrogen) atoms. The monoisotopic (exact) mass is 231 g/mol. The highest BCUT2D eigenvalue weighted by Gasteiger charge is 2.35. The summed E-state index contributed by atoms with van der Waals surface area (Å²) in [7, 11) is 0. The smallest absolute Gasteiger partial charge is 0.366 e. The Morgan fingerprint density at radius 1 is 1.38 bits per heavy atom. The zero-order valence-electron chi connectivity index (χ0n) is 8.26. The summed E-state index contributed by atoms with van der Waals surface area (Å²) in [4.78, 5) is 21.5. The molecule has 3 nitrogen and oxygen atoms in total. The number of alkyl halides is 3. The van der Waals surface area contributed by atoms with E-state index >= 15 is 0 Å². The molecule has 0 aliphatic carbocycles. The summed E-state index contributed by atoms with van der Waals surface area (Å²) in [5.74, 6) is -1.06. The first-order valence-electron chi connectivity index (χ1n) is 4.24. The second-order valence-electron chi connectivity index (χ2n) is 3.25. The zero-order chi connectivity index (χ0) is 12.5. The largest absolute Gasteiger partial charge is 0.417 e. The van der Waals surface area contributed by atoms with Gasteiger partial charge in [0.15, 0.2) is 6.29 Å². The van der Waals surface area contributed by atoms with E-state index in [1.54, 1.807) is 0 Å². The van der Waals surface area contributed by atoms with Crippen LogP contribution in [0, 0.1) is 6.92 Å². The van der Waals surface area contributed by atoms with Crippen molar-refractivity contribution in [3.8, 4) is 0 Å². The van der Waals surface area contributed by atoms with Gasteiger partial charge in [-0.15, -0.1) is 0 Å². The molecule has 0 unspecified atom stereocenters. The summed E-state index contributed by atoms with van der Waals surface area (Å²) < 4.78 is 37.6. The maximum absolute atomic E-state index is 12.5. The zero-order valence-corrected chi connectivity index (χ0v) is 8.26. The molecule has 1 aromatic carbocycles. The van der Waals surface area contributed by atoms with Crippen molar-refractivity contribution in [1.82, 2.24) is 0 Å². The van der Waals surface area contributed by atoms with Crippen LogP contribution in [-0.4, -0.2) is 12.2 Å². The molecule has 0 fully saturated rings. The van der Waals surface area contributed by atoms with Crippen LogP contribution in [0.3, 0.4) is 0 Å². The van der Waals surface area contributed by atoms with Crippen molar-refractivity contribution >= 4 is 12.2 Å². The van der Waals surface area contributed by atoms with Crippen molar-refractivity contribution in [2.24, 2.45) is 5.73 Å². The van der Waals surface area contributed by atoms with Crippen LogP contribution in [0.4, 0.5) is 13.2 Å². The quantitative estimate of drug-likeness (QED) is 0.790. The van der Waals surface area contributed by atoms with Gasteiger partial charge in [0.2, 0.25) is 5.91 Å². The number of halogens is 3. The Bertz CT molecular complexity index is 452. The molecule has 0 atom stereocenters. The lowest BCUT2D eigenvalue weighted by atomic mass is 9.98. The summed E-state index contributed by atoms with van der Waals surface area (Å²) in [6, 6.07) is 1.96. The number of carbonyl (C=O) groups excluding carboxylic acids is 2. The molecule has 2 N–H and O–H groups in total. The molecule has 86 valence electrons. The summed E-state index contributed by atoms with van der Waals surface area (Å²) in [5, 5.41) is 0. The molecular formula is C10H8F3NO2. The number of hydrogen-bond donors (Lipinski definition) is 1. The molecule has 0 aliphatic heterocycles. The van der Waals surface area contributed by atoms with Gasteiger partial charge in [0.05, 0.1) is 11.1 Å². The van der Waals surface area contributed by atoms with Gasteiger partial charge in [-0.05, 0) is 24.6 Å². The van der Waals surface area contributed by atoms with Gasteiger partial charge in [0.1, 0.15) is 0 Å². The second-order valence-corrected chi connectivity index (χ2v) is 3.25. The summed E-state index contributed by atoms with van der Waals surface area (Å²) >= 11 is 0. The molecule has 0 aromatic heterocycles. The van der Waals surface area contributed by atoms with Crippen LogP contribution < -0.4 is 5.73 Å². The molecular weight excluding hydrogens is 223 g/mol. The first-order valence-corrected chi connectivity index (χ1v) is 4.24. The minimum absolute atomic E-state index is 0.0116. The summed E-state index contributed by atoms with van der Waals surface area (Å²) in [5.41, 5.74) is 2.85. The third-order valence-electron chi connectivity index (χ3n) is 2.01. The molecule has 1 rings (SSSR count). The van der Waals surface area contributed by atoms with E-state index in [0.717, 1.165) is 12.1 Å². The van der Waals surface area contributed by atoms with Crippen LogP contribution in [0.15, 0.2) is 12.1 Å². The minimum Gasteiger partial charge on any atom is -0.366 e. The van der Waals surface area contributed by atoms with Gasteiger partial charge >= 0.3 is 6.18 Å². The Hall–Kier alpha value is -1.85. The number of benzene rings is 1. The Morgan fingerprint density at radius 2 is 1.94 bits per heavy atom. The van der Waals surface area contributed by atoms with Gasteiger partial charge < -0.3 is 5.73 Å². The lowest BCUT2D eigenvalue weighted by Crippen LogP contribution is -2.18. The van der Waals surface area contributed by atoms with Gasteiger partial charge in [-0.1, -0.05) is 0 Å². The van der Waals surface area contributed by atoms with E-state index in [4.69, 9.17) is 5.73 Å². The first-order chi connectivity index (χ1) is 7.27. The van der Waals surface area contributed by atoms with Crippen LogP contribution in [0.1, 0.15) is 31.8 Å². The number of rotatable bonds is 2. The van der Waals surface area contributed by atoms with E-state index < -0.39 is 28.8 Å². The number of aryl methyl sites for hydroxylation is 1. The fourth-order valence-corrected chi connectivity index (χ4v) is 1.36. The number of nitrogens with two attached hydrogens (primary N) is 1.